The third-order valence-electron chi connectivity index (χ3n) is 8.96. The predicted octanol–water partition coefficient (Wildman–Crippen LogP) is 4.60. The van der Waals surface area contributed by atoms with Crippen molar-refractivity contribution in [1.29, 1.82) is 0 Å². The minimum absolute atomic E-state index is 0.0241. The number of benzene rings is 2. The molecule has 2 aromatic carbocycles. The maximum atomic E-state index is 14.2. The summed E-state index contributed by atoms with van der Waals surface area (Å²) in [7, 11) is 0. The summed E-state index contributed by atoms with van der Waals surface area (Å²) in [6, 6.07) is 18.5. The van der Waals surface area contributed by atoms with Crippen LogP contribution in [0.3, 0.4) is 0 Å². The first-order valence-corrected chi connectivity index (χ1v) is 14.6. The number of amides is 1. The van der Waals surface area contributed by atoms with Gasteiger partial charge in [-0.15, -0.1) is 0 Å². The van der Waals surface area contributed by atoms with Gasteiger partial charge in [0.2, 0.25) is 5.91 Å². The second-order valence-corrected chi connectivity index (χ2v) is 11.4. The summed E-state index contributed by atoms with van der Waals surface area (Å²) >= 11 is 0. The smallest absolute Gasteiger partial charge is 0.329 e. The predicted molar refractivity (Wildman–Crippen MR) is 158 cm³/mol. The summed E-state index contributed by atoms with van der Waals surface area (Å²) in [5.74, 6) is 0.418. The van der Waals surface area contributed by atoms with E-state index in [-0.39, 0.29) is 35.4 Å². The topological polar surface area (TPSA) is 89.4 Å². The van der Waals surface area contributed by atoms with Crippen molar-refractivity contribution in [1.82, 2.24) is 23.9 Å². The zero-order valence-electron chi connectivity index (χ0n) is 23.5. The number of aromatic nitrogens is 3. The van der Waals surface area contributed by atoms with E-state index in [9.17, 15) is 14.0 Å². The van der Waals surface area contributed by atoms with Gasteiger partial charge in [0.05, 0.1) is 17.6 Å². The highest BCUT2D eigenvalue weighted by molar-refractivity contribution is 5.79. The Hall–Kier alpha value is -3.98. The molecule has 0 bridgehead atoms. The third-order valence-corrected chi connectivity index (χ3v) is 8.96. The van der Waals surface area contributed by atoms with Crippen LogP contribution < -0.4 is 11.4 Å². The fourth-order valence-electron chi connectivity index (χ4n) is 6.60. The van der Waals surface area contributed by atoms with E-state index in [4.69, 9.17) is 5.73 Å². The molecular weight excluding hydrogens is 519 g/mol. The Kier molecular flexibility index (Phi) is 7.62. The molecule has 2 aliphatic heterocycles. The largest absolute Gasteiger partial charge is 0.384 e. The van der Waals surface area contributed by atoms with Crippen molar-refractivity contribution in [3.8, 4) is 0 Å². The van der Waals surface area contributed by atoms with E-state index < -0.39 is 0 Å². The van der Waals surface area contributed by atoms with Crippen molar-refractivity contribution in [3.63, 3.8) is 0 Å². The number of carbonyl (C=O) groups is 1. The molecule has 4 aromatic rings. The number of rotatable bonds is 6. The van der Waals surface area contributed by atoms with Crippen LogP contribution in [-0.4, -0.2) is 56.0 Å². The van der Waals surface area contributed by atoms with Crippen molar-refractivity contribution in [3.05, 3.63) is 94.3 Å². The molecule has 1 unspecified atom stereocenters. The number of carbonyl (C=O) groups excluding carboxylic acids is 1. The van der Waals surface area contributed by atoms with Gasteiger partial charge < -0.3 is 10.6 Å². The summed E-state index contributed by atoms with van der Waals surface area (Å²) in [5, 5.41) is 0. The lowest BCUT2D eigenvalue weighted by molar-refractivity contribution is -0.138. The van der Waals surface area contributed by atoms with Crippen LogP contribution in [0.25, 0.3) is 11.0 Å². The molecule has 2 fully saturated rings. The van der Waals surface area contributed by atoms with Crippen molar-refractivity contribution < 1.29 is 9.18 Å². The quantitative estimate of drug-likeness (QED) is 0.375. The standard InChI is InChI=1S/C32H37FN6O2/c1-22(25-9-14-35-30(34)19-25)36-15-10-24(11-16-36)31(40)37-17-12-27(13-18-37)39-28-8-7-26(33)20-29(28)38(32(39)41)21-23-5-3-2-4-6-23/h2-9,14,19-20,22,24,27H,10-13,15-18,21H2,1H3,(H2,34,35). The van der Waals surface area contributed by atoms with E-state index in [1.807, 2.05) is 51.9 Å². The SMILES string of the molecule is CC(c1ccnc(N)c1)N1CCC(C(=O)N2CCC(n3c(=O)n(Cc4ccccc4)c4cc(F)ccc43)CC2)CC1. The minimum Gasteiger partial charge on any atom is -0.384 e. The third kappa shape index (κ3) is 5.51. The van der Waals surface area contributed by atoms with E-state index in [2.05, 4.69) is 16.8 Å². The van der Waals surface area contributed by atoms with Gasteiger partial charge in [0.1, 0.15) is 11.6 Å². The van der Waals surface area contributed by atoms with Crippen LogP contribution in [0.2, 0.25) is 0 Å². The lowest BCUT2D eigenvalue weighted by Gasteiger charge is -2.39. The van der Waals surface area contributed by atoms with Crippen molar-refractivity contribution in [2.75, 3.05) is 31.9 Å². The fourth-order valence-corrected chi connectivity index (χ4v) is 6.60. The van der Waals surface area contributed by atoms with Crippen molar-refractivity contribution in [2.45, 2.75) is 51.2 Å². The van der Waals surface area contributed by atoms with Gasteiger partial charge in [-0.25, -0.2) is 14.2 Å². The second-order valence-electron chi connectivity index (χ2n) is 11.4. The molecule has 1 amide bonds. The maximum absolute atomic E-state index is 14.2. The number of hydrogen-bond acceptors (Lipinski definition) is 5. The number of fused-ring (bicyclic) bond motifs is 1. The molecule has 2 saturated heterocycles. The zero-order chi connectivity index (χ0) is 28.5. The number of pyridine rings is 1. The molecule has 214 valence electrons. The molecule has 0 spiro atoms. The summed E-state index contributed by atoms with van der Waals surface area (Å²) in [6.07, 6.45) is 4.82. The van der Waals surface area contributed by atoms with Gasteiger partial charge in [0.25, 0.3) is 0 Å². The van der Waals surface area contributed by atoms with Gasteiger partial charge >= 0.3 is 5.69 Å². The van der Waals surface area contributed by atoms with Crippen LogP contribution in [0.15, 0.2) is 71.7 Å². The Labute approximate surface area is 239 Å². The lowest BCUT2D eigenvalue weighted by atomic mass is 9.92. The number of likely N-dealkylation sites (tertiary alicyclic amines) is 2. The summed E-state index contributed by atoms with van der Waals surface area (Å²) in [4.78, 5) is 35.6. The highest BCUT2D eigenvalue weighted by Crippen LogP contribution is 2.31. The molecule has 4 heterocycles. The average molecular weight is 557 g/mol. The normalized spacial score (nSPS) is 18.1. The molecule has 9 heteroatoms. The van der Waals surface area contributed by atoms with Gasteiger partial charge in [-0.3, -0.25) is 18.8 Å². The molecule has 6 rings (SSSR count). The first kappa shape index (κ1) is 27.2. The van der Waals surface area contributed by atoms with Crippen LogP contribution in [0.4, 0.5) is 10.2 Å². The molecule has 0 aliphatic carbocycles. The van der Waals surface area contributed by atoms with Crippen LogP contribution in [0, 0.1) is 11.7 Å². The fraction of sp³-hybridized carbons (Fsp3) is 0.406. The summed E-state index contributed by atoms with van der Waals surface area (Å²) in [6.45, 7) is 5.53. The Morgan fingerprint density at radius 2 is 1.71 bits per heavy atom. The van der Waals surface area contributed by atoms with Crippen LogP contribution in [0.1, 0.15) is 55.8 Å². The average Bonchev–Trinajstić information content (AvgIpc) is 3.27. The Bertz CT molecular complexity index is 1580. The first-order valence-electron chi connectivity index (χ1n) is 14.6. The molecule has 41 heavy (non-hydrogen) atoms. The number of halogens is 1. The van der Waals surface area contributed by atoms with Gasteiger partial charge in [-0.05, 0) is 87.2 Å². The van der Waals surface area contributed by atoms with E-state index in [0.29, 0.717) is 43.8 Å². The Morgan fingerprint density at radius 1 is 0.976 bits per heavy atom. The highest BCUT2D eigenvalue weighted by Gasteiger charge is 2.33. The lowest BCUT2D eigenvalue weighted by Crippen LogP contribution is -2.46. The van der Waals surface area contributed by atoms with Crippen molar-refractivity contribution >= 4 is 22.8 Å². The van der Waals surface area contributed by atoms with Gasteiger partial charge in [0.15, 0.2) is 0 Å². The van der Waals surface area contributed by atoms with Crippen LogP contribution in [-0.2, 0) is 11.3 Å². The highest BCUT2D eigenvalue weighted by atomic mass is 19.1. The summed E-state index contributed by atoms with van der Waals surface area (Å²) in [5.41, 5.74) is 9.23. The van der Waals surface area contributed by atoms with Gasteiger partial charge in [0, 0.05) is 37.3 Å². The monoisotopic (exact) mass is 556 g/mol. The minimum atomic E-state index is -0.359. The zero-order valence-corrected chi connectivity index (χ0v) is 23.5. The molecule has 2 N–H and O–H groups in total. The van der Waals surface area contributed by atoms with Crippen LogP contribution in [0.5, 0.6) is 0 Å². The molecule has 8 nitrogen and oxygen atoms in total. The Balaban J connectivity index is 1.11. The number of nitrogens with zero attached hydrogens (tertiary/aromatic N) is 5. The number of imidazole rings is 1. The number of nitrogen functional groups attached to an aromatic ring is 1. The van der Waals surface area contributed by atoms with E-state index >= 15 is 0 Å². The van der Waals surface area contributed by atoms with Crippen molar-refractivity contribution in [2.24, 2.45) is 5.92 Å². The maximum Gasteiger partial charge on any atom is 0.329 e. The molecule has 0 saturated carbocycles. The van der Waals surface area contributed by atoms with Gasteiger partial charge in [-0.1, -0.05) is 30.3 Å². The molecule has 0 radical (unpaired) electrons. The molecule has 1 atom stereocenters. The van der Waals surface area contributed by atoms with Crippen LogP contribution >= 0.6 is 0 Å². The Morgan fingerprint density at radius 3 is 2.41 bits per heavy atom. The molecule has 2 aromatic heterocycles. The number of anilines is 1. The van der Waals surface area contributed by atoms with Gasteiger partial charge in [-0.2, -0.15) is 0 Å². The van der Waals surface area contributed by atoms with E-state index in [1.165, 1.54) is 12.1 Å². The van der Waals surface area contributed by atoms with E-state index in [0.717, 1.165) is 42.6 Å². The number of piperidine rings is 2. The van der Waals surface area contributed by atoms with E-state index in [1.54, 1.807) is 16.8 Å². The molecule has 2 aliphatic rings. The number of nitrogens with two attached hydrogens (primary N) is 1. The number of hydrogen-bond donors (Lipinski definition) is 1. The summed E-state index contributed by atoms with van der Waals surface area (Å²) < 4.78 is 17.7. The molecular formula is C32H37FN6O2. The first-order chi connectivity index (χ1) is 19.9. The second kappa shape index (κ2) is 11.5.